The molecule has 0 aliphatic heterocycles. The molecule has 0 radical (unpaired) electrons. The van der Waals surface area contributed by atoms with E-state index in [9.17, 15) is 4.79 Å². The smallest absolute Gasteiger partial charge is 0.240 e. The van der Waals surface area contributed by atoms with Gasteiger partial charge in [-0.05, 0) is 24.5 Å². The van der Waals surface area contributed by atoms with Crippen molar-refractivity contribution in [2.75, 3.05) is 7.05 Å². The molecule has 0 spiro atoms. The van der Waals surface area contributed by atoms with Crippen molar-refractivity contribution >= 4 is 16.9 Å². The minimum atomic E-state index is -0.533. The van der Waals surface area contributed by atoms with Crippen LogP contribution in [0.4, 0.5) is 0 Å². The number of fused-ring (bicyclic) bond motifs is 1. The van der Waals surface area contributed by atoms with Crippen LogP contribution in [0.25, 0.3) is 11.0 Å². The van der Waals surface area contributed by atoms with E-state index < -0.39 is 6.04 Å². The highest BCUT2D eigenvalue weighted by molar-refractivity contribution is 5.83. The molecule has 2 N–H and O–H groups in total. The molecule has 4 heteroatoms. The van der Waals surface area contributed by atoms with Gasteiger partial charge in [0.15, 0.2) is 0 Å². The van der Waals surface area contributed by atoms with Gasteiger partial charge in [0, 0.05) is 12.4 Å². The Labute approximate surface area is 125 Å². The van der Waals surface area contributed by atoms with Crippen molar-refractivity contribution in [3.8, 4) is 0 Å². The number of hydrogen-bond donors (Lipinski definition) is 1. The van der Waals surface area contributed by atoms with Crippen LogP contribution in [-0.4, -0.2) is 23.9 Å². The SMILES string of the molecule is CC(c1cc2ccccc2o1)N(C)C(=O)C(N)C(C)(C)C. The molecular formula is C17H24N2O2. The fourth-order valence-electron chi connectivity index (χ4n) is 2.18. The van der Waals surface area contributed by atoms with Gasteiger partial charge in [0.05, 0.1) is 12.1 Å². The van der Waals surface area contributed by atoms with Crippen LogP contribution in [-0.2, 0) is 4.79 Å². The summed E-state index contributed by atoms with van der Waals surface area (Å²) in [6.07, 6.45) is 0. The minimum Gasteiger partial charge on any atom is -0.459 e. The predicted molar refractivity (Wildman–Crippen MR) is 84.8 cm³/mol. The standard InChI is InChI=1S/C17H24N2O2/c1-11(19(5)16(20)15(18)17(2,3)4)14-10-12-8-6-7-9-13(12)21-14/h6-11,15H,18H2,1-5H3. The summed E-state index contributed by atoms with van der Waals surface area (Å²) in [7, 11) is 1.77. The fourth-order valence-corrected chi connectivity index (χ4v) is 2.18. The molecule has 114 valence electrons. The molecule has 2 atom stereocenters. The maximum absolute atomic E-state index is 12.5. The van der Waals surface area contributed by atoms with Gasteiger partial charge in [-0.2, -0.15) is 0 Å². The van der Waals surface area contributed by atoms with E-state index in [0.717, 1.165) is 16.7 Å². The van der Waals surface area contributed by atoms with Crippen LogP contribution < -0.4 is 5.73 Å². The number of amides is 1. The Kier molecular flexibility index (Phi) is 4.10. The number of hydrogen-bond acceptors (Lipinski definition) is 3. The second-order valence-corrected chi connectivity index (χ2v) is 6.66. The van der Waals surface area contributed by atoms with Crippen molar-refractivity contribution in [2.24, 2.45) is 11.1 Å². The van der Waals surface area contributed by atoms with Crippen LogP contribution in [0.3, 0.4) is 0 Å². The van der Waals surface area contributed by atoms with E-state index in [1.165, 1.54) is 0 Å². The quantitative estimate of drug-likeness (QED) is 0.942. The highest BCUT2D eigenvalue weighted by atomic mass is 16.3. The lowest BCUT2D eigenvalue weighted by molar-refractivity contribution is -0.135. The second-order valence-electron chi connectivity index (χ2n) is 6.66. The maximum Gasteiger partial charge on any atom is 0.240 e. The van der Waals surface area contributed by atoms with E-state index in [-0.39, 0.29) is 17.4 Å². The van der Waals surface area contributed by atoms with Crippen molar-refractivity contribution in [2.45, 2.75) is 39.8 Å². The summed E-state index contributed by atoms with van der Waals surface area (Å²) >= 11 is 0. The summed E-state index contributed by atoms with van der Waals surface area (Å²) in [5, 5.41) is 1.04. The average Bonchev–Trinajstić information content (AvgIpc) is 2.86. The molecule has 0 bridgehead atoms. The van der Waals surface area contributed by atoms with Crippen LogP contribution >= 0.6 is 0 Å². The zero-order valence-electron chi connectivity index (χ0n) is 13.4. The van der Waals surface area contributed by atoms with Gasteiger partial charge in [0.25, 0.3) is 0 Å². The van der Waals surface area contributed by atoms with Gasteiger partial charge in [-0.25, -0.2) is 0 Å². The van der Waals surface area contributed by atoms with Gasteiger partial charge in [0.2, 0.25) is 5.91 Å². The third-order valence-corrected chi connectivity index (χ3v) is 3.98. The number of benzene rings is 1. The van der Waals surface area contributed by atoms with Crippen LogP contribution in [0.2, 0.25) is 0 Å². The first kappa shape index (κ1) is 15.6. The Hall–Kier alpha value is -1.81. The topological polar surface area (TPSA) is 59.5 Å². The van der Waals surface area contributed by atoms with Gasteiger partial charge in [-0.15, -0.1) is 0 Å². The second kappa shape index (κ2) is 5.53. The number of rotatable bonds is 3. The molecule has 0 saturated heterocycles. The molecule has 21 heavy (non-hydrogen) atoms. The zero-order chi connectivity index (χ0) is 15.8. The molecule has 2 aromatic rings. The normalized spacial score (nSPS) is 15.0. The number of likely N-dealkylation sites (N-methyl/N-ethyl adjacent to an activating group) is 1. The Morgan fingerprint density at radius 3 is 2.48 bits per heavy atom. The van der Waals surface area contributed by atoms with Gasteiger partial charge < -0.3 is 15.1 Å². The van der Waals surface area contributed by atoms with Gasteiger partial charge >= 0.3 is 0 Å². The summed E-state index contributed by atoms with van der Waals surface area (Å²) in [6, 6.07) is 9.12. The van der Waals surface area contributed by atoms with Gasteiger partial charge in [0.1, 0.15) is 11.3 Å². The third kappa shape index (κ3) is 3.10. The third-order valence-electron chi connectivity index (χ3n) is 3.98. The van der Waals surface area contributed by atoms with Gasteiger partial charge in [-0.1, -0.05) is 39.0 Å². The summed E-state index contributed by atoms with van der Waals surface area (Å²) in [5.41, 5.74) is 6.63. The van der Waals surface area contributed by atoms with Crippen LogP contribution in [0.15, 0.2) is 34.7 Å². The molecule has 0 fully saturated rings. The molecular weight excluding hydrogens is 264 g/mol. The van der Waals surface area contributed by atoms with Crippen molar-refractivity contribution < 1.29 is 9.21 Å². The van der Waals surface area contributed by atoms with Crippen LogP contribution in [0, 0.1) is 5.41 Å². The number of carbonyl (C=O) groups excluding carboxylic acids is 1. The molecule has 0 aliphatic rings. The van der Waals surface area contributed by atoms with Crippen LogP contribution in [0.1, 0.15) is 39.5 Å². The molecule has 1 amide bonds. The number of furan rings is 1. The molecule has 0 saturated carbocycles. The Morgan fingerprint density at radius 2 is 1.90 bits per heavy atom. The lowest BCUT2D eigenvalue weighted by Gasteiger charge is -2.32. The van der Waals surface area contributed by atoms with E-state index in [0.29, 0.717) is 0 Å². The highest BCUT2D eigenvalue weighted by Gasteiger charge is 2.32. The molecule has 1 aromatic heterocycles. The maximum atomic E-state index is 12.5. The molecule has 1 heterocycles. The van der Waals surface area contributed by atoms with E-state index in [2.05, 4.69) is 0 Å². The lowest BCUT2D eigenvalue weighted by Crippen LogP contribution is -2.49. The average molecular weight is 288 g/mol. The highest BCUT2D eigenvalue weighted by Crippen LogP contribution is 2.28. The van der Waals surface area contributed by atoms with E-state index in [1.807, 2.05) is 58.0 Å². The molecule has 2 rings (SSSR count). The molecule has 0 aliphatic carbocycles. The number of carbonyl (C=O) groups is 1. The Bertz CT molecular complexity index is 607. The monoisotopic (exact) mass is 288 g/mol. The van der Waals surface area contributed by atoms with E-state index in [1.54, 1.807) is 11.9 Å². The lowest BCUT2D eigenvalue weighted by atomic mass is 9.86. The molecule has 2 unspecified atom stereocenters. The largest absolute Gasteiger partial charge is 0.459 e. The van der Waals surface area contributed by atoms with Crippen LogP contribution in [0.5, 0.6) is 0 Å². The predicted octanol–water partition coefficient (Wildman–Crippen LogP) is 3.33. The molecule has 4 nitrogen and oxygen atoms in total. The summed E-state index contributed by atoms with van der Waals surface area (Å²) in [5.74, 6) is 0.698. The number of para-hydroxylation sites is 1. The summed E-state index contributed by atoms with van der Waals surface area (Å²) < 4.78 is 5.83. The number of nitrogens with two attached hydrogens (primary N) is 1. The fraction of sp³-hybridized carbons (Fsp3) is 0.471. The first-order valence-electron chi connectivity index (χ1n) is 7.22. The Balaban J connectivity index is 2.22. The van der Waals surface area contributed by atoms with Crippen molar-refractivity contribution in [3.63, 3.8) is 0 Å². The molecule has 1 aromatic carbocycles. The van der Waals surface area contributed by atoms with E-state index in [4.69, 9.17) is 10.2 Å². The summed E-state index contributed by atoms with van der Waals surface area (Å²) in [6.45, 7) is 7.85. The first-order valence-corrected chi connectivity index (χ1v) is 7.22. The number of nitrogens with zero attached hydrogens (tertiary/aromatic N) is 1. The zero-order valence-corrected chi connectivity index (χ0v) is 13.4. The van der Waals surface area contributed by atoms with Crippen molar-refractivity contribution in [3.05, 3.63) is 36.1 Å². The van der Waals surface area contributed by atoms with E-state index >= 15 is 0 Å². The van der Waals surface area contributed by atoms with Crippen molar-refractivity contribution in [1.29, 1.82) is 0 Å². The first-order chi connectivity index (χ1) is 9.71. The van der Waals surface area contributed by atoms with Gasteiger partial charge in [-0.3, -0.25) is 4.79 Å². The minimum absolute atomic E-state index is 0.0737. The Morgan fingerprint density at radius 1 is 1.29 bits per heavy atom. The van der Waals surface area contributed by atoms with Crippen molar-refractivity contribution in [1.82, 2.24) is 4.90 Å². The summed E-state index contributed by atoms with van der Waals surface area (Å²) in [4.78, 5) is 14.1.